The summed E-state index contributed by atoms with van der Waals surface area (Å²) in [6.07, 6.45) is 2.37. The molecule has 2 aliphatic heterocycles. The molecule has 2 aliphatic rings. The minimum atomic E-state index is -1.00. The van der Waals surface area contributed by atoms with Crippen LogP contribution in [0.4, 0.5) is 0 Å². The average Bonchev–Trinajstić information content (AvgIpc) is 2.95. The molecule has 1 aromatic carbocycles. The monoisotopic (exact) mass is 374 g/mol. The molecule has 2 heterocycles. The third-order valence-corrected chi connectivity index (χ3v) is 5.83. The predicted molar refractivity (Wildman–Crippen MR) is 103 cm³/mol. The van der Waals surface area contributed by atoms with Gasteiger partial charge in [0.2, 0.25) is 0 Å². The van der Waals surface area contributed by atoms with Gasteiger partial charge in [-0.05, 0) is 44.9 Å². The maximum absolute atomic E-state index is 13.6. The lowest BCUT2D eigenvalue weighted by molar-refractivity contribution is -0.143. The minimum Gasteiger partial charge on any atom is -0.480 e. The number of aryl methyl sites for hydroxylation is 3. The van der Waals surface area contributed by atoms with Gasteiger partial charge in [0.1, 0.15) is 5.72 Å². The Morgan fingerprint density at radius 2 is 1.78 bits per heavy atom. The van der Waals surface area contributed by atoms with Crippen LogP contribution in [-0.4, -0.2) is 64.8 Å². The Hall–Kier alpha value is -1.92. The lowest BCUT2D eigenvalue weighted by atomic mass is 9.93. The Morgan fingerprint density at radius 1 is 1.19 bits per heavy atom. The molecular formula is C21H30N2O4. The zero-order chi connectivity index (χ0) is 19.8. The van der Waals surface area contributed by atoms with Crippen molar-refractivity contribution in [2.24, 2.45) is 0 Å². The van der Waals surface area contributed by atoms with Gasteiger partial charge in [-0.3, -0.25) is 9.69 Å². The van der Waals surface area contributed by atoms with Gasteiger partial charge in [-0.1, -0.05) is 24.6 Å². The van der Waals surface area contributed by atoms with Crippen molar-refractivity contribution in [2.45, 2.75) is 58.7 Å². The fraction of sp³-hybridized carbons (Fsp3) is 0.619. The molecule has 3 rings (SSSR count). The van der Waals surface area contributed by atoms with E-state index in [0.29, 0.717) is 18.4 Å². The maximum Gasteiger partial charge on any atom is 0.328 e. The van der Waals surface area contributed by atoms with Crippen LogP contribution in [0.3, 0.4) is 0 Å². The zero-order valence-electron chi connectivity index (χ0n) is 16.7. The Bertz CT molecular complexity index is 715. The molecule has 2 saturated heterocycles. The molecule has 1 spiro atoms. The van der Waals surface area contributed by atoms with Gasteiger partial charge in [-0.2, -0.15) is 0 Å². The number of amides is 1. The zero-order valence-corrected chi connectivity index (χ0v) is 16.7. The lowest BCUT2D eigenvalue weighted by Gasteiger charge is -2.44. The lowest BCUT2D eigenvalue weighted by Crippen LogP contribution is -2.58. The van der Waals surface area contributed by atoms with E-state index in [-0.39, 0.29) is 12.5 Å². The molecule has 0 saturated carbocycles. The number of carboxylic acid groups (broad SMARTS) is 1. The Morgan fingerprint density at radius 3 is 2.30 bits per heavy atom. The minimum absolute atomic E-state index is 0.0544. The summed E-state index contributed by atoms with van der Waals surface area (Å²) >= 11 is 0. The summed E-state index contributed by atoms with van der Waals surface area (Å²) in [6, 6.07) is 3.02. The summed E-state index contributed by atoms with van der Waals surface area (Å²) in [5.41, 5.74) is 2.65. The Kier molecular flexibility index (Phi) is 5.58. The molecule has 6 nitrogen and oxygen atoms in total. The summed E-state index contributed by atoms with van der Waals surface area (Å²) in [7, 11) is 0. The molecule has 0 aliphatic carbocycles. The molecule has 1 N–H and O–H groups in total. The number of nitrogens with zero attached hydrogens (tertiary/aromatic N) is 2. The van der Waals surface area contributed by atoms with Crippen molar-refractivity contribution < 1.29 is 19.4 Å². The van der Waals surface area contributed by atoms with Gasteiger partial charge in [0.05, 0.1) is 6.61 Å². The number of rotatable bonds is 4. The van der Waals surface area contributed by atoms with Crippen LogP contribution in [0, 0.1) is 20.8 Å². The highest BCUT2D eigenvalue weighted by Crippen LogP contribution is 2.39. The molecule has 0 radical (unpaired) electrons. The fourth-order valence-electron chi connectivity index (χ4n) is 4.64. The number of ether oxygens (including phenoxy) is 1. The number of hydrogen-bond donors (Lipinski definition) is 1. The number of piperidine rings is 1. The van der Waals surface area contributed by atoms with Crippen molar-refractivity contribution in [3.63, 3.8) is 0 Å². The second-order valence-electron chi connectivity index (χ2n) is 7.90. The van der Waals surface area contributed by atoms with Crippen LogP contribution >= 0.6 is 0 Å². The molecule has 0 unspecified atom stereocenters. The SMILES string of the molecule is CCCN1CCC2(CC1)OC[C@@H](C(=O)O)N2C(=O)c1c(C)cc(C)cc1C. The van der Waals surface area contributed by atoms with Gasteiger partial charge < -0.3 is 14.7 Å². The highest BCUT2D eigenvalue weighted by Gasteiger charge is 2.54. The van der Waals surface area contributed by atoms with Gasteiger partial charge in [0.15, 0.2) is 6.04 Å². The van der Waals surface area contributed by atoms with Gasteiger partial charge in [0, 0.05) is 31.5 Å². The summed E-state index contributed by atoms with van der Waals surface area (Å²) in [5.74, 6) is -1.22. The van der Waals surface area contributed by atoms with E-state index in [9.17, 15) is 14.7 Å². The second-order valence-corrected chi connectivity index (χ2v) is 7.90. The van der Waals surface area contributed by atoms with E-state index in [4.69, 9.17) is 4.74 Å². The molecule has 1 atom stereocenters. The molecule has 1 amide bonds. The van der Waals surface area contributed by atoms with Gasteiger partial charge in [-0.15, -0.1) is 0 Å². The van der Waals surface area contributed by atoms with Crippen molar-refractivity contribution in [1.29, 1.82) is 0 Å². The average molecular weight is 374 g/mol. The van der Waals surface area contributed by atoms with Crippen LogP contribution < -0.4 is 0 Å². The highest BCUT2D eigenvalue weighted by atomic mass is 16.5. The molecule has 0 bridgehead atoms. The van der Waals surface area contributed by atoms with Gasteiger partial charge in [-0.25, -0.2) is 4.79 Å². The normalized spacial score (nSPS) is 22.4. The molecule has 27 heavy (non-hydrogen) atoms. The van der Waals surface area contributed by atoms with Crippen molar-refractivity contribution in [3.05, 3.63) is 34.4 Å². The van der Waals surface area contributed by atoms with E-state index in [0.717, 1.165) is 42.7 Å². The predicted octanol–water partition coefficient (Wildman–Crippen LogP) is 2.74. The number of likely N-dealkylation sites (tertiary alicyclic amines) is 1. The van der Waals surface area contributed by atoms with Crippen LogP contribution in [0.2, 0.25) is 0 Å². The highest BCUT2D eigenvalue weighted by molar-refractivity contribution is 6.00. The van der Waals surface area contributed by atoms with Crippen molar-refractivity contribution in [2.75, 3.05) is 26.2 Å². The van der Waals surface area contributed by atoms with E-state index < -0.39 is 17.7 Å². The van der Waals surface area contributed by atoms with Crippen molar-refractivity contribution >= 4 is 11.9 Å². The largest absolute Gasteiger partial charge is 0.480 e. The first-order chi connectivity index (χ1) is 12.8. The van der Waals surface area contributed by atoms with Crippen LogP contribution in [-0.2, 0) is 9.53 Å². The van der Waals surface area contributed by atoms with Crippen LogP contribution in [0.1, 0.15) is 53.2 Å². The van der Waals surface area contributed by atoms with Crippen LogP contribution in [0.15, 0.2) is 12.1 Å². The molecule has 6 heteroatoms. The van der Waals surface area contributed by atoms with Crippen molar-refractivity contribution in [3.8, 4) is 0 Å². The smallest absolute Gasteiger partial charge is 0.328 e. The summed E-state index contributed by atoms with van der Waals surface area (Å²) < 4.78 is 6.04. The Balaban J connectivity index is 1.96. The van der Waals surface area contributed by atoms with Crippen LogP contribution in [0.5, 0.6) is 0 Å². The van der Waals surface area contributed by atoms with Gasteiger partial charge in [0.25, 0.3) is 5.91 Å². The molecule has 2 fully saturated rings. The number of hydrogen-bond acceptors (Lipinski definition) is 4. The topological polar surface area (TPSA) is 70.1 Å². The molecular weight excluding hydrogens is 344 g/mol. The second kappa shape index (κ2) is 7.60. The van der Waals surface area contributed by atoms with E-state index in [1.165, 1.54) is 4.90 Å². The van der Waals surface area contributed by atoms with E-state index >= 15 is 0 Å². The van der Waals surface area contributed by atoms with E-state index in [1.54, 1.807) is 0 Å². The number of benzene rings is 1. The first-order valence-electron chi connectivity index (χ1n) is 9.79. The van der Waals surface area contributed by atoms with Crippen molar-refractivity contribution in [1.82, 2.24) is 9.80 Å². The first-order valence-corrected chi connectivity index (χ1v) is 9.79. The molecule has 1 aromatic rings. The number of carboxylic acids is 1. The summed E-state index contributed by atoms with van der Waals surface area (Å²) in [5, 5.41) is 9.73. The Labute approximate surface area is 161 Å². The fourth-order valence-corrected chi connectivity index (χ4v) is 4.64. The number of carbonyl (C=O) groups excluding carboxylic acids is 1. The number of carbonyl (C=O) groups is 2. The third kappa shape index (κ3) is 3.60. The summed E-state index contributed by atoms with van der Waals surface area (Å²) in [4.78, 5) is 29.3. The first kappa shape index (κ1) is 19.8. The molecule has 0 aromatic heterocycles. The van der Waals surface area contributed by atoms with E-state index in [1.807, 2.05) is 32.9 Å². The van der Waals surface area contributed by atoms with Gasteiger partial charge >= 0.3 is 5.97 Å². The van der Waals surface area contributed by atoms with Crippen LogP contribution in [0.25, 0.3) is 0 Å². The standard InChI is InChI=1S/C21H30N2O4/c1-5-8-22-9-6-21(7-10-22)23(17(13-27-21)20(25)26)19(24)18-15(3)11-14(2)12-16(18)4/h11-12,17H,5-10,13H2,1-4H3,(H,25,26)/t17-/m0/s1. The maximum atomic E-state index is 13.6. The van der Waals surface area contributed by atoms with E-state index in [2.05, 4.69) is 11.8 Å². The number of aliphatic carboxylic acids is 1. The third-order valence-electron chi connectivity index (χ3n) is 5.83. The summed E-state index contributed by atoms with van der Waals surface area (Å²) in [6.45, 7) is 10.7. The molecule has 148 valence electrons. The quantitative estimate of drug-likeness (QED) is 0.878.